The highest BCUT2D eigenvalue weighted by atomic mass is 32.2. The maximum absolute atomic E-state index is 12.6. The number of rotatable bonds is 6. The fourth-order valence-corrected chi connectivity index (χ4v) is 4.15. The summed E-state index contributed by atoms with van der Waals surface area (Å²) >= 11 is 1.50. The SMILES string of the molecule is CSc1ncccc1C(=O)NC[C@H](C(C)C)N1CCc2ccccc2C1. The van der Waals surface area contributed by atoms with Crippen molar-refractivity contribution in [1.82, 2.24) is 15.2 Å². The second-order valence-electron chi connectivity index (χ2n) is 7.07. The molecule has 0 bridgehead atoms. The summed E-state index contributed by atoms with van der Waals surface area (Å²) in [6, 6.07) is 12.7. The molecule has 0 aliphatic carbocycles. The van der Waals surface area contributed by atoms with Crippen LogP contribution in [0.4, 0.5) is 0 Å². The minimum Gasteiger partial charge on any atom is -0.350 e. The summed E-state index contributed by atoms with van der Waals surface area (Å²) in [6.45, 7) is 7.11. The van der Waals surface area contributed by atoms with Crippen LogP contribution in [0.15, 0.2) is 47.6 Å². The second-order valence-corrected chi connectivity index (χ2v) is 7.87. The van der Waals surface area contributed by atoms with Gasteiger partial charge >= 0.3 is 0 Å². The molecule has 5 heteroatoms. The van der Waals surface area contributed by atoms with E-state index in [1.54, 1.807) is 6.20 Å². The maximum atomic E-state index is 12.6. The van der Waals surface area contributed by atoms with E-state index in [2.05, 4.69) is 53.3 Å². The first-order chi connectivity index (χ1) is 12.6. The lowest BCUT2D eigenvalue weighted by Gasteiger charge is -2.38. The lowest BCUT2D eigenvalue weighted by Crippen LogP contribution is -2.48. The van der Waals surface area contributed by atoms with Crippen LogP contribution in [-0.4, -0.2) is 41.2 Å². The second kappa shape index (κ2) is 8.69. The molecule has 26 heavy (non-hydrogen) atoms. The third-order valence-corrected chi connectivity index (χ3v) is 5.79. The largest absolute Gasteiger partial charge is 0.350 e. The van der Waals surface area contributed by atoms with Gasteiger partial charge in [-0.2, -0.15) is 0 Å². The Balaban J connectivity index is 1.67. The quantitative estimate of drug-likeness (QED) is 0.790. The Morgan fingerprint density at radius 2 is 2.00 bits per heavy atom. The molecule has 4 nitrogen and oxygen atoms in total. The average Bonchev–Trinajstić information content (AvgIpc) is 2.67. The number of benzene rings is 1. The zero-order valence-electron chi connectivity index (χ0n) is 15.7. The first-order valence-corrected chi connectivity index (χ1v) is 10.4. The average molecular weight is 370 g/mol. The van der Waals surface area contributed by atoms with Gasteiger partial charge in [-0.15, -0.1) is 11.8 Å². The van der Waals surface area contributed by atoms with Gasteiger partial charge in [0.2, 0.25) is 0 Å². The monoisotopic (exact) mass is 369 g/mol. The highest BCUT2D eigenvalue weighted by Gasteiger charge is 2.26. The number of hydrogen-bond donors (Lipinski definition) is 1. The molecule has 1 aromatic carbocycles. The number of fused-ring (bicyclic) bond motifs is 1. The third-order valence-electron chi connectivity index (χ3n) is 5.08. The normalized spacial score (nSPS) is 15.5. The van der Waals surface area contributed by atoms with Gasteiger partial charge in [-0.3, -0.25) is 9.69 Å². The Morgan fingerprint density at radius 3 is 2.73 bits per heavy atom. The highest BCUT2D eigenvalue weighted by molar-refractivity contribution is 7.98. The molecule has 2 aromatic rings. The van der Waals surface area contributed by atoms with Crippen molar-refractivity contribution < 1.29 is 4.79 Å². The van der Waals surface area contributed by atoms with Gasteiger partial charge in [0.15, 0.2) is 0 Å². The van der Waals surface area contributed by atoms with Crippen LogP contribution < -0.4 is 5.32 Å². The Bertz CT molecular complexity index is 762. The van der Waals surface area contributed by atoms with Gasteiger partial charge in [0.25, 0.3) is 5.91 Å². The molecular weight excluding hydrogens is 342 g/mol. The van der Waals surface area contributed by atoms with Crippen LogP contribution in [0.2, 0.25) is 0 Å². The number of carbonyl (C=O) groups excluding carboxylic acids is 1. The van der Waals surface area contributed by atoms with Crippen LogP contribution in [0, 0.1) is 5.92 Å². The summed E-state index contributed by atoms with van der Waals surface area (Å²) in [7, 11) is 0. The molecule has 1 N–H and O–H groups in total. The zero-order chi connectivity index (χ0) is 18.5. The number of thioether (sulfide) groups is 1. The van der Waals surface area contributed by atoms with E-state index < -0.39 is 0 Å². The smallest absolute Gasteiger partial charge is 0.254 e. The maximum Gasteiger partial charge on any atom is 0.254 e. The summed E-state index contributed by atoms with van der Waals surface area (Å²) in [5.41, 5.74) is 3.52. The molecule has 1 atom stereocenters. The highest BCUT2D eigenvalue weighted by Crippen LogP contribution is 2.23. The van der Waals surface area contributed by atoms with Gasteiger partial charge in [0.1, 0.15) is 5.03 Å². The summed E-state index contributed by atoms with van der Waals surface area (Å²) in [4.78, 5) is 19.4. The molecule has 1 aliphatic rings. The number of amides is 1. The minimum atomic E-state index is -0.0366. The van der Waals surface area contributed by atoms with E-state index in [1.165, 1.54) is 22.9 Å². The van der Waals surface area contributed by atoms with Crippen molar-refractivity contribution in [3.63, 3.8) is 0 Å². The topological polar surface area (TPSA) is 45.2 Å². The predicted octanol–water partition coefficient (Wildman–Crippen LogP) is 3.62. The van der Waals surface area contributed by atoms with E-state index in [0.717, 1.165) is 24.5 Å². The summed E-state index contributed by atoms with van der Waals surface area (Å²) < 4.78 is 0. The Labute approximate surface area is 160 Å². The standard InChI is InChI=1S/C21H27N3OS/c1-15(2)19(24-12-10-16-7-4-5-8-17(16)14-24)13-23-20(25)18-9-6-11-22-21(18)26-3/h4-9,11,15,19H,10,12-14H2,1-3H3,(H,23,25)/t19-/m1/s1. The summed E-state index contributed by atoms with van der Waals surface area (Å²) in [6.07, 6.45) is 4.75. The van der Waals surface area contributed by atoms with Crippen molar-refractivity contribution >= 4 is 17.7 Å². The van der Waals surface area contributed by atoms with Gasteiger partial charge in [-0.05, 0) is 41.9 Å². The number of nitrogens with one attached hydrogen (secondary N) is 1. The van der Waals surface area contributed by atoms with E-state index in [9.17, 15) is 4.79 Å². The van der Waals surface area contributed by atoms with E-state index in [0.29, 0.717) is 24.1 Å². The van der Waals surface area contributed by atoms with E-state index in [1.807, 2.05) is 18.4 Å². The van der Waals surface area contributed by atoms with E-state index in [-0.39, 0.29) is 5.91 Å². The molecule has 138 valence electrons. The summed E-state index contributed by atoms with van der Waals surface area (Å²) in [5.74, 6) is 0.431. The number of hydrogen-bond acceptors (Lipinski definition) is 4. The van der Waals surface area contributed by atoms with Crippen molar-refractivity contribution in [2.24, 2.45) is 5.92 Å². The van der Waals surface area contributed by atoms with Crippen LogP contribution in [0.5, 0.6) is 0 Å². The van der Waals surface area contributed by atoms with Crippen LogP contribution in [0.1, 0.15) is 35.3 Å². The molecule has 0 saturated heterocycles. The third kappa shape index (κ3) is 4.27. The van der Waals surface area contributed by atoms with Crippen LogP contribution in [0.3, 0.4) is 0 Å². The molecule has 2 heterocycles. The molecule has 1 aromatic heterocycles. The Kier molecular flexibility index (Phi) is 6.33. The first kappa shape index (κ1) is 18.9. The molecular formula is C21H27N3OS. The van der Waals surface area contributed by atoms with Crippen molar-refractivity contribution in [1.29, 1.82) is 0 Å². The van der Waals surface area contributed by atoms with Gasteiger partial charge in [0, 0.05) is 31.9 Å². The fourth-order valence-electron chi connectivity index (χ4n) is 3.61. The Hall–Kier alpha value is -1.85. The van der Waals surface area contributed by atoms with Crippen molar-refractivity contribution in [2.45, 2.75) is 37.9 Å². The summed E-state index contributed by atoms with van der Waals surface area (Å²) in [5, 5.41) is 3.92. The van der Waals surface area contributed by atoms with E-state index in [4.69, 9.17) is 0 Å². The van der Waals surface area contributed by atoms with Gasteiger partial charge in [-0.25, -0.2) is 4.98 Å². The minimum absolute atomic E-state index is 0.0366. The predicted molar refractivity (Wildman–Crippen MR) is 108 cm³/mol. The number of nitrogens with zero attached hydrogens (tertiary/aromatic N) is 2. The molecule has 0 fully saturated rings. The van der Waals surface area contributed by atoms with Crippen LogP contribution in [-0.2, 0) is 13.0 Å². The zero-order valence-corrected chi connectivity index (χ0v) is 16.6. The van der Waals surface area contributed by atoms with Crippen molar-refractivity contribution in [2.75, 3.05) is 19.3 Å². The number of carbonyl (C=O) groups is 1. The lowest BCUT2D eigenvalue weighted by molar-refractivity contribution is 0.0900. The molecule has 0 saturated carbocycles. The van der Waals surface area contributed by atoms with Crippen molar-refractivity contribution in [3.05, 3.63) is 59.3 Å². The van der Waals surface area contributed by atoms with Crippen molar-refractivity contribution in [3.8, 4) is 0 Å². The number of aromatic nitrogens is 1. The molecule has 0 unspecified atom stereocenters. The van der Waals surface area contributed by atoms with E-state index >= 15 is 0 Å². The Morgan fingerprint density at radius 1 is 1.23 bits per heavy atom. The van der Waals surface area contributed by atoms with Gasteiger partial charge in [0.05, 0.1) is 5.56 Å². The van der Waals surface area contributed by atoms with Gasteiger partial charge < -0.3 is 5.32 Å². The molecule has 3 rings (SSSR count). The number of pyridine rings is 1. The molecule has 0 radical (unpaired) electrons. The lowest BCUT2D eigenvalue weighted by atomic mass is 9.95. The van der Waals surface area contributed by atoms with Gasteiger partial charge in [-0.1, -0.05) is 38.1 Å². The fraction of sp³-hybridized carbons (Fsp3) is 0.429. The first-order valence-electron chi connectivity index (χ1n) is 9.18. The van der Waals surface area contributed by atoms with Crippen LogP contribution >= 0.6 is 11.8 Å². The molecule has 1 amide bonds. The van der Waals surface area contributed by atoms with Crippen LogP contribution in [0.25, 0.3) is 0 Å². The molecule has 1 aliphatic heterocycles. The molecule has 0 spiro atoms.